The van der Waals surface area contributed by atoms with Gasteiger partial charge in [0.05, 0.1) is 30.8 Å². The number of ether oxygens (including phenoxy) is 1. The van der Waals surface area contributed by atoms with Crippen molar-refractivity contribution in [3.05, 3.63) is 53.4 Å². The predicted molar refractivity (Wildman–Crippen MR) is 108 cm³/mol. The van der Waals surface area contributed by atoms with Crippen molar-refractivity contribution in [2.75, 3.05) is 13.7 Å². The number of hydrogen-bond donors (Lipinski definition) is 1. The van der Waals surface area contributed by atoms with Crippen molar-refractivity contribution in [1.82, 2.24) is 24.9 Å². The number of pyridine rings is 1. The van der Waals surface area contributed by atoms with E-state index in [1.54, 1.807) is 47.4 Å². The van der Waals surface area contributed by atoms with E-state index in [4.69, 9.17) is 21.4 Å². The van der Waals surface area contributed by atoms with Crippen LogP contribution in [0.15, 0.2) is 42.7 Å². The Balaban J connectivity index is 1.62. The van der Waals surface area contributed by atoms with Gasteiger partial charge in [0, 0.05) is 11.6 Å². The molecule has 1 saturated carbocycles. The summed E-state index contributed by atoms with van der Waals surface area (Å²) in [4.78, 5) is 29.5. The Kier molecular flexibility index (Phi) is 5.37. The van der Waals surface area contributed by atoms with Crippen LogP contribution in [0, 0.1) is 0 Å². The van der Waals surface area contributed by atoms with Gasteiger partial charge in [-0.05, 0) is 37.1 Å². The predicted octanol–water partition coefficient (Wildman–Crippen LogP) is 2.68. The second kappa shape index (κ2) is 8.11. The van der Waals surface area contributed by atoms with E-state index in [1.165, 1.54) is 12.0 Å². The van der Waals surface area contributed by atoms with Crippen molar-refractivity contribution in [2.24, 2.45) is 0 Å². The molecule has 1 fully saturated rings. The van der Waals surface area contributed by atoms with Crippen molar-refractivity contribution in [3.63, 3.8) is 0 Å². The normalized spacial score (nSPS) is 13.1. The Labute approximate surface area is 176 Å². The maximum Gasteiger partial charge on any atom is 0.323 e. The molecular formula is C20H18ClN5O4. The highest BCUT2D eigenvalue weighted by Crippen LogP contribution is 2.32. The smallest absolute Gasteiger partial charge is 0.323 e. The van der Waals surface area contributed by atoms with E-state index in [0.717, 1.165) is 12.8 Å². The van der Waals surface area contributed by atoms with Gasteiger partial charge in [-0.25, -0.2) is 9.67 Å². The van der Waals surface area contributed by atoms with E-state index < -0.39 is 5.97 Å². The molecule has 0 atom stereocenters. The molecule has 0 bridgehead atoms. The zero-order valence-electron chi connectivity index (χ0n) is 16.0. The summed E-state index contributed by atoms with van der Waals surface area (Å²) in [6.07, 6.45) is 4.92. The molecule has 1 amide bonds. The fourth-order valence-corrected chi connectivity index (χ4v) is 3.22. The first-order chi connectivity index (χ1) is 14.5. The molecule has 1 aromatic carbocycles. The Morgan fingerprint density at radius 3 is 2.73 bits per heavy atom. The minimum Gasteiger partial charge on any atom is -0.496 e. The first-order valence-corrected chi connectivity index (χ1v) is 9.59. The molecule has 1 N–H and O–H groups in total. The fraction of sp³-hybridized carbons (Fsp3) is 0.250. The minimum absolute atomic E-state index is 0.0362. The maximum absolute atomic E-state index is 12.9. The second-order valence-corrected chi connectivity index (χ2v) is 7.25. The summed E-state index contributed by atoms with van der Waals surface area (Å²) in [6, 6.07) is 8.43. The molecule has 154 valence electrons. The van der Waals surface area contributed by atoms with Crippen molar-refractivity contribution in [3.8, 4) is 22.7 Å². The number of carbonyl (C=O) groups excluding carboxylic acids is 1. The number of carbonyl (C=O) groups is 2. The van der Waals surface area contributed by atoms with Crippen LogP contribution in [0.3, 0.4) is 0 Å². The summed E-state index contributed by atoms with van der Waals surface area (Å²) in [5.74, 6) is -1.06. The van der Waals surface area contributed by atoms with Gasteiger partial charge in [0.15, 0.2) is 0 Å². The van der Waals surface area contributed by atoms with Crippen molar-refractivity contribution in [1.29, 1.82) is 0 Å². The standard InChI is InChI=1S/C20H18ClN5O4/c1-30-17-8-12(16-10-26(24-23-16)14-5-7-18(21)22-9-14)2-6-15(17)20(29)25(11-19(27)28)13-3-4-13/h2,5-10,13H,3-4,11H2,1H3,(H,27,28). The third-order valence-electron chi connectivity index (χ3n) is 4.75. The summed E-state index contributed by atoms with van der Waals surface area (Å²) < 4.78 is 6.98. The number of carboxylic acid groups (broad SMARTS) is 1. The third kappa shape index (κ3) is 4.11. The Hall–Kier alpha value is -3.46. The van der Waals surface area contributed by atoms with Crippen LogP contribution >= 0.6 is 11.6 Å². The number of amides is 1. The van der Waals surface area contributed by atoms with Crippen molar-refractivity contribution in [2.45, 2.75) is 18.9 Å². The van der Waals surface area contributed by atoms with Crippen LogP contribution in [-0.2, 0) is 4.79 Å². The molecule has 9 nitrogen and oxygen atoms in total. The van der Waals surface area contributed by atoms with E-state index in [2.05, 4.69) is 15.3 Å². The quantitative estimate of drug-likeness (QED) is 0.577. The minimum atomic E-state index is -1.04. The maximum atomic E-state index is 12.9. The number of benzene rings is 1. The lowest BCUT2D eigenvalue weighted by Gasteiger charge is -2.21. The third-order valence-corrected chi connectivity index (χ3v) is 4.98. The van der Waals surface area contributed by atoms with E-state index in [-0.39, 0.29) is 18.5 Å². The summed E-state index contributed by atoms with van der Waals surface area (Å²) in [5.41, 5.74) is 2.29. The van der Waals surface area contributed by atoms with Crippen LogP contribution in [0.4, 0.5) is 0 Å². The van der Waals surface area contributed by atoms with Crippen molar-refractivity contribution >= 4 is 23.5 Å². The second-order valence-electron chi connectivity index (χ2n) is 6.86. The van der Waals surface area contributed by atoms with Gasteiger partial charge >= 0.3 is 5.97 Å². The molecule has 0 radical (unpaired) electrons. The molecule has 0 spiro atoms. The summed E-state index contributed by atoms with van der Waals surface area (Å²) in [6.45, 7) is -0.335. The number of nitrogens with zero attached hydrogens (tertiary/aromatic N) is 5. The lowest BCUT2D eigenvalue weighted by atomic mass is 10.1. The SMILES string of the molecule is COc1cc(-c2cn(-c3ccc(Cl)nc3)nn2)ccc1C(=O)N(CC(=O)O)C1CC1. The van der Waals surface area contributed by atoms with E-state index in [1.807, 2.05) is 0 Å². The molecule has 2 heterocycles. The highest BCUT2D eigenvalue weighted by Gasteiger charge is 2.35. The molecular weight excluding hydrogens is 410 g/mol. The van der Waals surface area contributed by atoms with Crippen LogP contribution in [0.5, 0.6) is 5.75 Å². The lowest BCUT2D eigenvalue weighted by Crippen LogP contribution is -2.37. The molecule has 0 unspecified atom stereocenters. The number of aromatic nitrogens is 4. The van der Waals surface area contributed by atoms with E-state index in [9.17, 15) is 9.59 Å². The molecule has 30 heavy (non-hydrogen) atoms. The Bertz CT molecular complexity index is 1090. The molecule has 0 saturated heterocycles. The number of methoxy groups -OCH3 is 1. The van der Waals surface area contributed by atoms with Gasteiger partial charge in [0.1, 0.15) is 23.1 Å². The van der Waals surface area contributed by atoms with Crippen LogP contribution in [-0.4, -0.2) is 61.6 Å². The van der Waals surface area contributed by atoms with E-state index in [0.29, 0.717) is 33.4 Å². The largest absolute Gasteiger partial charge is 0.496 e. The number of rotatable bonds is 7. The number of aliphatic carboxylic acids is 1. The summed E-state index contributed by atoms with van der Waals surface area (Å²) >= 11 is 5.81. The van der Waals surface area contributed by atoms with Crippen LogP contribution in [0.1, 0.15) is 23.2 Å². The average molecular weight is 428 g/mol. The topological polar surface area (TPSA) is 110 Å². The number of hydrogen-bond acceptors (Lipinski definition) is 6. The monoisotopic (exact) mass is 427 g/mol. The molecule has 0 aliphatic heterocycles. The van der Waals surface area contributed by atoms with Gasteiger partial charge in [0.25, 0.3) is 5.91 Å². The lowest BCUT2D eigenvalue weighted by molar-refractivity contribution is -0.137. The number of halogens is 1. The summed E-state index contributed by atoms with van der Waals surface area (Å²) in [5, 5.41) is 17.8. The highest BCUT2D eigenvalue weighted by molar-refractivity contribution is 6.29. The highest BCUT2D eigenvalue weighted by atomic mass is 35.5. The first kappa shape index (κ1) is 19.8. The van der Waals surface area contributed by atoms with Crippen LogP contribution in [0.25, 0.3) is 16.9 Å². The van der Waals surface area contributed by atoms with Gasteiger partial charge in [-0.15, -0.1) is 5.10 Å². The molecule has 2 aromatic heterocycles. The molecule has 3 aromatic rings. The van der Waals surface area contributed by atoms with Gasteiger partial charge in [-0.2, -0.15) is 0 Å². The average Bonchev–Trinajstić information content (AvgIpc) is 3.47. The number of carboxylic acids is 1. The molecule has 4 rings (SSSR count). The molecule has 1 aliphatic rings. The molecule has 1 aliphatic carbocycles. The van der Waals surface area contributed by atoms with Gasteiger partial charge in [0.2, 0.25) is 0 Å². The summed E-state index contributed by atoms with van der Waals surface area (Å²) in [7, 11) is 1.46. The van der Waals surface area contributed by atoms with Gasteiger partial charge in [-0.1, -0.05) is 22.9 Å². The van der Waals surface area contributed by atoms with Crippen molar-refractivity contribution < 1.29 is 19.4 Å². The van der Waals surface area contributed by atoms with Crippen LogP contribution < -0.4 is 4.74 Å². The van der Waals surface area contributed by atoms with Gasteiger partial charge < -0.3 is 14.7 Å². The zero-order valence-corrected chi connectivity index (χ0v) is 16.8. The van der Waals surface area contributed by atoms with Gasteiger partial charge in [-0.3, -0.25) is 9.59 Å². The Morgan fingerprint density at radius 2 is 2.10 bits per heavy atom. The van der Waals surface area contributed by atoms with E-state index >= 15 is 0 Å². The zero-order chi connectivity index (χ0) is 21.3. The molecule has 10 heteroatoms. The fourth-order valence-electron chi connectivity index (χ4n) is 3.11. The Morgan fingerprint density at radius 1 is 1.30 bits per heavy atom. The van der Waals surface area contributed by atoms with Crippen LogP contribution in [0.2, 0.25) is 5.15 Å². The first-order valence-electron chi connectivity index (χ1n) is 9.21.